The van der Waals surface area contributed by atoms with Gasteiger partial charge in [-0.15, -0.1) is 0 Å². The van der Waals surface area contributed by atoms with Crippen molar-refractivity contribution in [3.05, 3.63) is 41.7 Å². The lowest BCUT2D eigenvalue weighted by molar-refractivity contribution is 0.480. The van der Waals surface area contributed by atoms with Crippen molar-refractivity contribution in [2.24, 2.45) is 0 Å². The van der Waals surface area contributed by atoms with Gasteiger partial charge in [-0.1, -0.05) is 33.8 Å². The summed E-state index contributed by atoms with van der Waals surface area (Å²) < 4.78 is 19.1. The highest BCUT2D eigenvalue weighted by molar-refractivity contribution is 5.62. The highest BCUT2D eigenvalue weighted by Crippen LogP contribution is 2.31. The van der Waals surface area contributed by atoms with Gasteiger partial charge in [0.2, 0.25) is 0 Å². The molecule has 0 atom stereocenters. The van der Waals surface area contributed by atoms with Crippen LogP contribution in [0.1, 0.15) is 51.0 Å². The van der Waals surface area contributed by atoms with Crippen LogP contribution in [0.15, 0.2) is 28.8 Å². The number of rotatable bonds is 3. The van der Waals surface area contributed by atoms with Gasteiger partial charge < -0.3 is 4.42 Å². The van der Waals surface area contributed by atoms with E-state index in [1.165, 1.54) is 12.1 Å². The van der Waals surface area contributed by atoms with Gasteiger partial charge in [0, 0.05) is 11.5 Å². The molecular formula is C15H18FNO. The number of nitrogens with zero attached hydrogens (tertiary/aromatic N) is 1. The summed E-state index contributed by atoms with van der Waals surface area (Å²) >= 11 is 0. The van der Waals surface area contributed by atoms with Gasteiger partial charge in [-0.25, -0.2) is 9.37 Å². The third-order valence-electron chi connectivity index (χ3n) is 2.92. The van der Waals surface area contributed by atoms with Gasteiger partial charge >= 0.3 is 0 Å². The molecule has 0 N–H and O–H groups in total. The lowest BCUT2D eigenvalue weighted by atomic mass is 9.96. The third kappa shape index (κ3) is 2.45. The Hall–Kier alpha value is -1.64. The van der Waals surface area contributed by atoms with Crippen molar-refractivity contribution in [3.8, 4) is 11.3 Å². The molecule has 0 radical (unpaired) electrons. The smallest absolute Gasteiger partial charge is 0.197 e. The second-order valence-electron chi connectivity index (χ2n) is 5.10. The molecule has 0 aliphatic rings. The van der Waals surface area contributed by atoms with E-state index in [0.717, 1.165) is 11.1 Å². The van der Waals surface area contributed by atoms with Crippen LogP contribution in [0.25, 0.3) is 11.3 Å². The molecular weight excluding hydrogens is 229 g/mol. The minimum Gasteiger partial charge on any atom is -0.440 e. The Labute approximate surface area is 107 Å². The molecule has 0 fully saturated rings. The molecule has 0 bridgehead atoms. The molecule has 0 aliphatic heterocycles. The maximum absolute atomic E-state index is 13.4. The topological polar surface area (TPSA) is 26.0 Å². The van der Waals surface area contributed by atoms with Gasteiger partial charge in [0.25, 0.3) is 0 Å². The monoisotopic (exact) mass is 247 g/mol. The zero-order valence-corrected chi connectivity index (χ0v) is 11.2. The Morgan fingerprint density at radius 2 is 1.83 bits per heavy atom. The summed E-state index contributed by atoms with van der Waals surface area (Å²) in [7, 11) is 0. The predicted molar refractivity (Wildman–Crippen MR) is 70.1 cm³/mol. The number of hydrogen-bond acceptors (Lipinski definition) is 2. The van der Waals surface area contributed by atoms with Crippen LogP contribution < -0.4 is 0 Å². The molecule has 1 aromatic heterocycles. The zero-order valence-electron chi connectivity index (χ0n) is 11.2. The maximum Gasteiger partial charge on any atom is 0.197 e. The molecule has 0 saturated heterocycles. The molecule has 0 spiro atoms. The minimum absolute atomic E-state index is 0.231. The van der Waals surface area contributed by atoms with Crippen LogP contribution in [0.5, 0.6) is 0 Å². The van der Waals surface area contributed by atoms with Gasteiger partial charge in [0.1, 0.15) is 5.82 Å². The van der Waals surface area contributed by atoms with Crippen LogP contribution in [0.3, 0.4) is 0 Å². The number of hydrogen-bond donors (Lipinski definition) is 0. The highest BCUT2D eigenvalue weighted by Gasteiger charge is 2.15. The Morgan fingerprint density at radius 3 is 2.39 bits per heavy atom. The van der Waals surface area contributed by atoms with E-state index in [0.29, 0.717) is 17.6 Å². The maximum atomic E-state index is 13.4. The zero-order chi connectivity index (χ0) is 13.3. The van der Waals surface area contributed by atoms with E-state index >= 15 is 0 Å². The van der Waals surface area contributed by atoms with Gasteiger partial charge in [-0.3, -0.25) is 0 Å². The van der Waals surface area contributed by atoms with Gasteiger partial charge in [-0.05, 0) is 23.6 Å². The lowest BCUT2D eigenvalue weighted by Gasteiger charge is -2.10. The average Bonchev–Trinajstić information content (AvgIpc) is 2.77. The van der Waals surface area contributed by atoms with Crippen molar-refractivity contribution in [1.82, 2.24) is 4.98 Å². The fourth-order valence-corrected chi connectivity index (χ4v) is 1.92. The highest BCUT2D eigenvalue weighted by atomic mass is 19.1. The van der Waals surface area contributed by atoms with Crippen LogP contribution in [-0.2, 0) is 0 Å². The molecule has 18 heavy (non-hydrogen) atoms. The fourth-order valence-electron chi connectivity index (χ4n) is 1.92. The largest absolute Gasteiger partial charge is 0.440 e. The number of aromatic nitrogens is 1. The molecule has 2 rings (SSSR count). The number of halogens is 1. The number of benzene rings is 1. The first-order valence-electron chi connectivity index (χ1n) is 6.24. The van der Waals surface area contributed by atoms with Crippen molar-refractivity contribution >= 4 is 0 Å². The summed E-state index contributed by atoms with van der Waals surface area (Å²) in [6, 6.07) is 4.81. The van der Waals surface area contributed by atoms with E-state index in [1.54, 1.807) is 6.20 Å². The molecule has 1 aromatic carbocycles. The molecule has 2 aromatic rings. The normalized spacial score (nSPS) is 11.5. The number of oxazole rings is 1. The van der Waals surface area contributed by atoms with E-state index in [9.17, 15) is 4.39 Å². The fraction of sp³-hybridized carbons (Fsp3) is 0.400. The van der Waals surface area contributed by atoms with E-state index in [2.05, 4.69) is 18.8 Å². The first-order valence-corrected chi connectivity index (χ1v) is 6.24. The van der Waals surface area contributed by atoms with Crippen molar-refractivity contribution in [2.45, 2.75) is 39.5 Å². The van der Waals surface area contributed by atoms with E-state index in [4.69, 9.17) is 4.42 Å². The quantitative estimate of drug-likeness (QED) is 0.783. The van der Waals surface area contributed by atoms with Gasteiger partial charge in [0.15, 0.2) is 11.7 Å². The first-order chi connectivity index (χ1) is 8.49. The minimum atomic E-state index is -0.253. The Balaban J connectivity index is 2.51. The Morgan fingerprint density at radius 1 is 1.11 bits per heavy atom. The second kappa shape index (κ2) is 4.92. The van der Waals surface area contributed by atoms with E-state index in [1.807, 2.05) is 19.9 Å². The van der Waals surface area contributed by atoms with Crippen LogP contribution in [0, 0.1) is 5.82 Å². The summed E-state index contributed by atoms with van der Waals surface area (Å²) in [5, 5.41) is 0. The van der Waals surface area contributed by atoms with Crippen LogP contribution >= 0.6 is 0 Å². The summed E-state index contributed by atoms with van der Waals surface area (Å²) in [5.74, 6) is 1.62. The molecule has 3 heteroatoms. The second-order valence-corrected chi connectivity index (χ2v) is 5.10. The lowest BCUT2D eigenvalue weighted by Crippen LogP contribution is -1.92. The van der Waals surface area contributed by atoms with Crippen molar-refractivity contribution in [2.75, 3.05) is 0 Å². The third-order valence-corrected chi connectivity index (χ3v) is 2.92. The summed E-state index contributed by atoms with van der Waals surface area (Å²) in [4.78, 5) is 4.23. The van der Waals surface area contributed by atoms with Crippen LogP contribution in [-0.4, -0.2) is 4.98 Å². The van der Waals surface area contributed by atoms with Crippen molar-refractivity contribution < 1.29 is 8.81 Å². The van der Waals surface area contributed by atoms with Crippen molar-refractivity contribution in [3.63, 3.8) is 0 Å². The van der Waals surface area contributed by atoms with E-state index in [-0.39, 0.29) is 11.7 Å². The van der Waals surface area contributed by atoms with Crippen molar-refractivity contribution in [1.29, 1.82) is 0 Å². The molecule has 0 saturated carbocycles. The standard InChI is InChI=1S/C15H18FNO/c1-9(2)12-6-5-11(16)7-13(12)14-8-17-15(18-14)10(3)4/h5-10H,1-4H3. The molecule has 0 aliphatic carbocycles. The molecule has 2 nitrogen and oxygen atoms in total. The summed E-state index contributed by atoms with van der Waals surface area (Å²) in [6.45, 7) is 8.20. The molecule has 1 heterocycles. The Kier molecular flexibility index (Phi) is 3.50. The predicted octanol–water partition coefficient (Wildman–Crippen LogP) is 4.73. The van der Waals surface area contributed by atoms with Gasteiger partial charge in [-0.2, -0.15) is 0 Å². The Bertz CT molecular complexity index is 543. The van der Waals surface area contributed by atoms with E-state index < -0.39 is 0 Å². The average molecular weight is 247 g/mol. The van der Waals surface area contributed by atoms with Gasteiger partial charge in [0.05, 0.1) is 6.20 Å². The summed E-state index contributed by atoms with van der Waals surface area (Å²) in [6.07, 6.45) is 1.68. The van der Waals surface area contributed by atoms with Crippen LogP contribution in [0.4, 0.5) is 4.39 Å². The SMILES string of the molecule is CC(C)c1ncc(-c2cc(F)ccc2C(C)C)o1. The molecule has 0 unspecified atom stereocenters. The molecule has 96 valence electrons. The first kappa shape index (κ1) is 12.8. The van der Waals surface area contributed by atoms with Crippen LogP contribution in [0.2, 0.25) is 0 Å². The summed E-state index contributed by atoms with van der Waals surface area (Å²) in [5.41, 5.74) is 1.87. The molecule has 0 amide bonds.